The Balaban J connectivity index is 1.53. The Hall–Kier alpha value is -3.08. The summed E-state index contributed by atoms with van der Waals surface area (Å²) in [5, 5.41) is 2.96. The van der Waals surface area contributed by atoms with Crippen LogP contribution in [0.15, 0.2) is 65.2 Å². The molecule has 1 aromatic carbocycles. The number of rotatable bonds is 7. The summed E-state index contributed by atoms with van der Waals surface area (Å²) in [7, 11) is 1.64. The van der Waals surface area contributed by atoms with Crippen LogP contribution in [0.1, 0.15) is 30.8 Å². The Kier molecular flexibility index (Phi) is 5.69. The second-order valence-electron chi connectivity index (χ2n) is 6.04. The number of aromatic nitrogens is 1. The number of nitrogens with one attached hydrogen (secondary N) is 1. The third kappa shape index (κ3) is 4.51. The van der Waals surface area contributed by atoms with Crippen molar-refractivity contribution in [3.63, 3.8) is 0 Å². The SMILES string of the molecule is COc1ccc(-c2ccc(CCC(=O)NC(C)c3ccccn3)o2)cc1. The summed E-state index contributed by atoms with van der Waals surface area (Å²) in [6, 6.07) is 17.1. The summed E-state index contributed by atoms with van der Waals surface area (Å²) in [4.78, 5) is 16.4. The van der Waals surface area contributed by atoms with Crippen LogP contribution in [-0.4, -0.2) is 18.0 Å². The lowest BCUT2D eigenvalue weighted by Crippen LogP contribution is -2.27. The molecular weight excluding hydrogens is 328 g/mol. The molecule has 5 nitrogen and oxygen atoms in total. The molecule has 0 radical (unpaired) electrons. The van der Waals surface area contributed by atoms with Crippen LogP contribution >= 0.6 is 0 Å². The van der Waals surface area contributed by atoms with Crippen molar-refractivity contribution in [3.05, 3.63) is 72.2 Å². The number of carbonyl (C=O) groups excluding carboxylic acids is 1. The Morgan fingerprint density at radius 2 is 1.96 bits per heavy atom. The third-order valence-electron chi connectivity index (χ3n) is 4.14. The maximum absolute atomic E-state index is 12.2. The van der Waals surface area contributed by atoms with Gasteiger partial charge in [-0.1, -0.05) is 6.07 Å². The molecule has 0 saturated heterocycles. The predicted octanol–water partition coefficient (Wildman–Crippen LogP) is 4.16. The average Bonchev–Trinajstić information content (AvgIpc) is 3.16. The van der Waals surface area contributed by atoms with Crippen molar-refractivity contribution in [1.82, 2.24) is 10.3 Å². The lowest BCUT2D eigenvalue weighted by atomic mass is 10.1. The van der Waals surface area contributed by atoms with Gasteiger partial charge in [0.2, 0.25) is 5.91 Å². The Morgan fingerprint density at radius 1 is 1.15 bits per heavy atom. The first-order chi connectivity index (χ1) is 12.7. The number of nitrogens with zero attached hydrogens (tertiary/aromatic N) is 1. The number of pyridine rings is 1. The zero-order valence-electron chi connectivity index (χ0n) is 14.9. The van der Waals surface area contributed by atoms with Crippen LogP contribution in [0.25, 0.3) is 11.3 Å². The molecule has 0 saturated carbocycles. The molecule has 1 unspecified atom stereocenters. The molecule has 134 valence electrons. The molecule has 0 aliphatic carbocycles. The molecule has 1 atom stereocenters. The number of amides is 1. The standard InChI is InChI=1S/C21H22N2O3/c1-15(19-5-3-4-14-22-19)23-21(24)13-11-18-10-12-20(26-18)16-6-8-17(25-2)9-7-16/h3-10,12,14-15H,11,13H2,1-2H3,(H,23,24). The maximum atomic E-state index is 12.2. The maximum Gasteiger partial charge on any atom is 0.220 e. The van der Waals surface area contributed by atoms with Crippen LogP contribution in [-0.2, 0) is 11.2 Å². The third-order valence-corrected chi connectivity index (χ3v) is 4.14. The number of carbonyl (C=O) groups is 1. The number of benzene rings is 1. The Morgan fingerprint density at radius 3 is 2.65 bits per heavy atom. The number of hydrogen-bond acceptors (Lipinski definition) is 4. The average molecular weight is 350 g/mol. The number of methoxy groups -OCH3 is 1. The topological polar surface area (TPSA) is 64.4 Å². The number of furan rings is 1. The molecule has 26 heavy (non-hydrogen) atoms. The van der Waals surface area contributed by atoms with Crippen molar-refractivity contribution in [2.45, 2.75) is 25.8 Å². The fourth-order valence-corrected chi connectivity index (χ4v) is 2.68. The van der Waals surface area contributed by atoms with E-state index < -0.39 is 0 Å². The summed E-state index contributed by atoms with van der Waals surface area (Å²) in [5.41, 5.74) is 1.82. The van der Waals surface area contributed by atoms with Crippen LogP contribution in [0.4, 0.5) is 0 Å². The van der Waals surface area contributed by atoms with Crippen molar-refractivity contribution in [2.24, 2.45) is 0 Å². The van der Waals surface area contributed by atoms with E-state index in [0.29, 0.717) is 12.8 Å². The van der Waals surface area contributed by atoms with Crippen LogP contribution < -0.4 is 10.1 Å². The lowest BCUT2D eigenvalue weighted by Gasteiger charge is -2.12. The van der Waals surface area contributed by atoms with Crippen molar-refractivity contribution in [2.75, 3.05) is 7.11 Å². The minimum Gasteiger partial charge on any atom is -0.497 e. The summed E-state index contributed by atoms with van der Waals surface area (Å²) in [5.74, 6) is 2.35. The van der Waals surface area contributed by atoms with Gasteiger partial charge in [-0.05, 0) is 55.5 Å². The quantitative estimate of drug-likeness (QED) is 0.695. The van der Waals surface area contributed by atoms with Gasteiger partial charge in [-0.15, -0.1) is 0 Å². The summed E-state index contributed by atoms with van der Waals surface area (Å²) in [6.45, 7) is 1.93. The zero-order chi connectivity index (χ0) is 18.4. The van der Waals surface area contributed by atoms with Crippen molar-refractivity contribution >= 4 is 5.91 Å². The van der Waals surface area contributed by atoms with E-state index in [1.807, 2.05) is 61.5 Å². The number of ether oxygens (including phenoxy) is 1. The predicted molar refractivity (Wildman–Crippen MR) is 99.8 cm³/mol. The minimum absolute atomic E-state index is 0.0226. The first-order valence-corrected chi connectivity index (χ1v) is 8.59. The van der Waals surface area contributed by atoms with Gasteiger partial charge in [0.15, 0.2) is 0 Å². The van der Waals surface area contributed by atoms with Gasteiger partial charge in [-0.2, -0.15) is 0 Å². The second kappa shape index (κ2) is 8.34. The van der Waals surface area contributed by atoms with E-state index in [0.717, 1.165) is 28.5 Å². The van der Waals surface area contributed by atoms with Crippen molar-refractivity contribution < 1.29 is 13.9 Å². The van der Waals surface area contributed by atoms with Gasteiger partial charge in [0.1, 0.15) is 17.3 Å². The smallest absolute Gasteiger partial charge is 0.220 e. The Bertz CT molecular complexity index is 841. The van der Waals surface area contributed by atoms with E-state index in [2.05, 4.69) is 10.3 Å². The normalized spacial score (nSPS) is 11.8. The molecule has 2 heterocycles. The van der Waals surface area contributed by atoms with Gasteiger partial charge >= 0.3 is 0 Å². The van der Waals surface area contributed by atoms with Gasteiger partial charge in [0.05, 0.1) is 18.8 Å². The van der Waals surface area contributed by atoms with Gasteiger partial charge < -0.3 is 14.5 Å². The van der Waals surface area contributed by atoms with Crippen LogP contribution in [0.2, 0.25) is 0 Å². The number of hydrogen-bond donors (Lipinski definition) is 1. The molecule has 1 amide bonds. The van der Waals surface area contributed by atoms with E-state index in [1.165, 1.54) is 0 Å². The van der Waals surface area contributed by atoms with Crippen molar-refractivity contribution in [3.8, 4) is 17.1 Å². The molecule has 1 N–H and O–H groups in total. The van der Waals surface area contributed by atoms with E-state index in [9.17, 15) is 4.79 Å². The summed E-state index contributed by atoms with van der Waals surface area (Å²) in [6.07, 6.45) is 2.64. The van der Waals surface area contributed by atoms with Crippen LogP contribution in [0.3, 0.4) is 0 Å². The highest BCUT2D eigenvalue weighted by Crippen LogP contribution is 2.25. The molecule has 3 aromatic rings. The number of aryl methyl sites for hydroxylation is 1. The molecule has 0 aliphatic heterocycles. The molecule has 0 spiro atoms. The highest BCUT2D eigenvalue weighted by Gasteiger charge is 2.12. The first kappa shape index (κ1) is 17.7. The second-order valence-corrected chi connectivity index (χ2v) is 6.04. The lowest BCUT2D eigenvalue weighted by molar-refractivity contribution is -0.121. The van der Waals surface area contributed by atoms with E-state index in [4.69, 9.17) is 9.15 Å². The molecule has 0 fully saturated rings. The van der Waals surface area contributed by atoms with Gasteiger partial charge in [-0.3, -0.25) is 9.78 Å². The van der Waals surface area contributed by atoms with Gasteiger partial charge in [-0.25, -0.2) is 0 Å². The fourth-order valence-electron chi connectivity index (χ4n) is 2.68. The molecule has 3 rings (SSSR count). The summed E-state index contributed by atoms with van der Waals surface area (Å²) >= 11 is 0. The van der Waals surface area contributed by atoms with Gasteiger partial charge in [0.25, 0.3) is 0 Å². The molecule has 0 aliphatic rings. The van der Waals surface area contributed by atoms with Crippen LogP contribution in [0.5, 0.6) is 5.75 Å². The Labute approximate surface area is 153 Å². The van der Waals surface area contributed by atoms with E-state index in [1.54, 1.807) is 13.3 Å². The monoisotopic (exact) mass is 350 g/mol. The minimum atomic E-state index is -0.116. The fraction of sp³-hybridized carbons (Fsp3) is 0.238. The summed E-state index contributed by atoms with van der Waals surface area (Å²) < 4.78 is 11.0. The molecular formula is C21H22N2O3. The van der Waals surface area contributed by atoms with E-state index >= 15 is 0 Å². The highest BCUT2D eigenvalue weighted by atomic mass is 16.5. The highest BCUT2D eigenvalue weighted by molar-refractivity contribution is 5.76. The van der Waals surface area contributed by atoms with Crippen LogP contribution in [0, 0.1) is 0 Å². The first-order valence-electron chi connectivity index (χ1n) is 8.59. The molecule has 2 aromatic heterocycles. The van der Waals surface area contributed by atoms with Gasteiger partial charge in [0, 0.05) is 24.6 Å². The van der Waals surface area contributed by atoms with Crippen molar-refractivity contribution in [1.29, 1.82) is 0 Å². The zero-order valence-corrected chi connectivity index (χ0v) is 14.9. The van der Waals surface area contributed by atoms with E-state index in [-0.39, 0.29) is 11.9 Å². The molecule has 0 bridgehead atoms. The molecule has 5 heteroatoms. The largest absolute Gasteiger partial charge is 0.497 e.